The predicted molar refractivity (Wildman–Crippen MR) is 103 cm³/mol. The van der Waals surface area contributed by atoms with Gasteiger partial charge in [-0.1, -0.05) is 24.3 Å². The molecule has 3 saturated heterocycles. The van der Waals surface area contributed by atoms with Crippen LogP contribution in [0.4, 0.5) is 4.79 Å². The van der Waals surface area contributed by atoms with E-state index in [-0.39, 0.29) is 30.4 Å². The number of aromatic amines is 1. The Labute approximate surface area is 163 Å². The maximum Gasteiger partial charge on any atom is 0.320 e. The first kappa shape index (κ1) is 17.4. The van der Waals surface area contributed by atoms with Gasteiger partial charge in [-0.2, -0.15) is 5.10 Å². The number of Topliss-reactive ketones (excluding diaryl/α,β-unsaturated/α-hetero) is 1. The van der Waals surface area contributed by atoms with Crippen LogP contribution in [0, 0.1) is 5.92 Å². The molecule has 2 aromatic rings. The lowest BCUT2D eigenvalue weighted by atomic mass is 9.87. The van der Waals surface area contributed by atoms with Crippen LogP contribution in [-0.2, 0) is 9.53 Å². The number of ether oxygens (including phenoxy) is 1. The van der Waals surface area contributed by atoms with Gasteiger partial charge in [-0.15, -0.1) is 0 Å². The van der Waals surface area contributed by atoms with Crippen molar-refractivity contribution < 1.29 is 14.3 Å². The summed E-state index contributed by atoms with van der Waals surface area (Å²) in [5.41, 5.74) is 3.38. The van der Waals surface area contributed by atoms with Crippen LogP contribution in [-0.4, -0.2) is 70.7 Å². The van der Waals surface area contributed by atoms with E-state index in [1.807, 2.05) is 15.9 Å². The normalized spacial score (nSPS) is 25.4. The maximum atomic E-state index is 12.8. The third-order valence-electron chi connectivity index (χ3n) is 6.23. The summed E-state index contributed by atoms with van der Waals surface area (Å²) in [4.78, 5) is 28.3. The zero-order chi connectivity index (χ0) is 19.1. The third kappa shape index (κ3) is 3.20. The van der Waals surface area contributed by atoms with E-state index in [0.29, 0.717) is 25.4 Å². The molecule has 0 unspecified atom stereocenters. The molecule has 7 nitrogen and oxygen atoms in total. The molecular weight excluding hydrogens is 356 g/mol. The van der Waals surface area contributed by atoms with Crippen LogP contribution >= 0.6 is 0 Å². The van der Waals surface area contributed by atoms with Gasteiger partial charge in [0.05, 0.1) is 11.8 Å². The van der Waals surface area contributed by atoms with Crippen LogP contribution in [0.25, 0.3) is 11.3 Å². The monoisotopic (exact) mass is 380 g/mol. The van der Waals surface area contributed by atoms with Crippen molar-refractivity contribution in [3.8, 4) is 11.3 Å². The van der Waals surface area contributed by atoms with Gasteiger partial charge in [0.1, 0.15) is 6.61 Å². The second kappa shape index (κ2) is 7.05. The van der Waals surface area contributed by atoms with Crippen molar-refractivity contribution in [3.05, 3.63) is 42.1 Å². The summed E-state index contributed by atoms with van der Waals surface area (Å²) in [5, 5.41) is 6.96. The second-order valence-corrected chi connectivity index (χ2v) is 8.06. The first-order valence-electron chi connectivity index (χ1n) is 9.94. The molecule has 2 amide bonds. The summed E-state index contributed by atoms with van der Waals surface area (Å²) in [6.07, 6.45) is 3.26. The van der Waals surface area contributed by atoms with Gasteiger partial charge in [-0.05, 0) is 23.6 Å². The molecule has 2 atom stereocenters. The highest BCUT2D eigenvalue weighted by Gasteiger charge is 2.40. The number of nitrogens with one attached hydrogen (secondary N) is 1. The number of likely N-dealkylation sites (tertiary alicyclic amines) is 2. The minimum absolute atomic E-state index is 0.0989. The highest BCUT2D eigenvalue weighted by atomic mass is 16.5. The van der Waals surface area contributed by atoms with Crippen molar-refractivity contribution in [3.63, 3.8) is 0 Å². The van der Waals surface area contributed by atoms with Crippen molar-refractivity contribution in [2.24, 2.45) is 5.92 Å². The summed E-state index contributed by atoms with van der Waals surface area (Å²) in [5.74, 6) is 0.695. The molecule has 0 aliphatic carbocycles. The van der Waals surface area contributed by atoms with Gasteiger partial charge >= 0.3 is 6.03 Å². The number of amides is 2. The lowest BCUT2D eigenvalue weighted by Gasteiger charge is -2.46. The van der Waals surface area contributed by atoms with Gasteiger partial charge in [-0.3, -0.25) is 9.89 Å². The number of hydrogen-bond acceptors (Lipinski definition) is 4. The van der Waals surface area contributed by atoms with Gasteiger partial charge in [0.25, 0.3) is 0 Å². The number of carbonyl (C=O) groups excluding carboxylic acids is 2. The molecule has 4 heterocycles. The van der Waals surface area contributed by atoms with Crippen LogP contribution in [0.1, 0.15) is 24.3 Å². The Bertz CT molecular complexity index is 858. The summed E-state index contributed by atoms with van der Waals surface area (Å²) >= 11 is 0. The lowest BCUT2D eigenvalue weighted by Crippen LogP contribution is -2.58. The lowest BCUT2D eigenvalue weighted by molar-refractivity contribution is -0.140. The Balaban J connectivity index is 1.16. The number of benzene rings is 1. The summed E-state index contributed by atoms with van der Waals surface area (Å²) in [7, 11) is 0. The highest BCUT2D eigenvalue weighted by molar-refractivity contribution is 5.81. The number of aromatic nitrogens is 2. The molecule has 3 aliphatic rings. The fourth-order valence-corrected chi connectivity index (χ4v) is 4.55. The second-order valence-electron chi connectivity index (χ2n) is 8.06. The Morgan fingerprint density at radius 3 is 2.68 bits per heavy atom. The molecular formula is C21H24N4O3. The Morgan fingerprint density at radius 2 is 1.93 bits per heavy atom. The average Bonchev–Trinajstić information content (AvgIpc) is 3.21. The molecule has 5 rings (SSSR count). The summed E-state index contributed by atoms with van der Waals surface area (Å²) < 4.78 is 5.63. The van der Waals surface area contributed by atoms with E-state index in [4.69, 9.17) is 4.74 Å². The average molecular weight is 380 g/mol. The van der Waals surface area contributed by atoms with Crippen molar-refractivity contribution in [2.45, 2.75) is 24.9 Å². The number of piperidine rings is 1. The molecule has 3 aliphatic heterocycles. The molecule has 0 bridgehead atoms. The van der Waals surface area contributed by atoms with E-state index in [2.05, 4.69) is 34.5 Å². The molecule has 1 N–H and O–H groups in total. The minimum atomic E-state index is 0.0989. The number of ketones is 1. The zero-order valence-corrected chi connectivity index (χ0v) is 15.7. The van der Waals surface area contributed by atoms with Gasteiger partial charge in [0.15, 0.2) is 5.78 Å². The van der Waals surface area contributed by atoms with E-state index in [1.165, 1.54) is 5.56 Å². The molecule has 1 aromatic heterocycles. The zero-order valence-electron chi connectivity index (χ0n) is 15.7. The van der Waals surface area contributed by atoms with Gasteiger partial charge < -0.3 is 14.5 Å². The number of nitrogens with zero attached hydrogens (tertiary/aromatic N) is 3. The standard InChI is InChI=1S/C21H24N4O3/c26-18-9-16-10-24(8-6-20(16)28-13-18)21(27)25-11-17(12-25)14-1-3-15(4-2-14)19-5-7-22-23-19/h1-5,7,16-17,20H,6,8-13H2,(H,22,23)/t16-,20+/m1/s1. The Morgan fingerprint density at radius 1 is 1.11 bits per heavy atom. The predicted octanol–water partition coefficient (Wildman–Crippen LogP) is 2.28. The SMILES string of the molecule is O=C1CO[C@H]2CCN(C(=O)N3CC(c4ccc(-c5ccn[nH]5)cc4)C3)C[C@H]2C1. The van der Waals surface area contributed by atoms with Crippen LogP contribution in [0.5, 0.6) is 0 Å². The number of H-pyrrole nitrogens is 1. The molecule has 3 fully saturated rings. The van der Waals surface area contributed by atoms with Crippen molar-refractivity contribution in [1.82, 2.24) is 20.0 Å². The number of carbonyl (C=O) groups is 2. The molecule has 28 heavy (non-hydrogen) atoms. The molecule has 0 saturated carbocycles. The van der Waals surface area contributed by atoms with Crippen molar-refractivity contribution in [1.29, 1.82) is 0 Å². The van der Waals surface area contributed by atoms with Gasteiger partial charge in [0.2, 0.25) is 0 Å². The number of urea groups is 1. The minimum Gasteiger partial charge on any atom is -0.370 e. The fourth-order valence-electron chi connectivity index (χ4n) is 4.55. The van der Waals surface area contributed by atoms with E-state index in [0.717, 1.165) is 30.8 Å². The largest absolute Gasteiger partial charge is 0.370 e. The molecule has 0 radical (unpaired) electrons. The quantitative estimate of drug-likeness (QED) is 0.867. The van der Waals surface area contributed by atoms with E-state index in [1.54, 1.807) is 6.20 Å². The highest BCUT2D eigenvalue weighted by Crippen LogP contribution is 2.32. The first-order chi connectivity index (χ1) is 13.7. The molecule has 146 valence electrons. The fraction of sp³-hybridized carbons (Fsp3) is 0.476. The number of rotatable bonds is 2. The topological polar surface area (TPSA) is 78.5 Å². The number of hydrogen-bond donors (Lipinski definition) is 1. The van der Waals surface area contributed by atoms with Crippen molar-refractivity contribution >= 4 is 11.8 Å². The van der Waals surface area contributed by atoms with Crippen LogP contribution in [0.15, 0.2) is 36.5 Å². The van der Waals surface area contributed by atoms with Crippen LogP contribution in [0.2, 0.25) is 0 Å². The third-order valence-corrected chi connectivity index (χ3v) is 6.23. The number of fused-ring (bicyclic) bond motifs is 1. The Kier molecular flexibility index (Phi) is 4.39. The van der Waals surface area contributed by atoms with Gasteiger partial charge in [0, 0.05) is 50.6 Å². The maximum absolute atomic E-state index is 12.8. The molecule has 0 spiro atoms. The Hall–Kier alpha value is -2.67. The molecule has 1 aromatic carbocycles. The van der Waals surface area contributed by atoms with E-state index >= 15 is 0 Å². The summed E-state index contributed by atoms with van der Waals surface area (Å²) in [6.45, 7) is 3.09. The first-order valence-corrected chi connectivity index (χ1v) is 9.94. The molecule has 7 heteroatoms. The van der Waals surface area contributed by atoms with E-state index < -0.39 is 0 Å². The smallest absolute Gasteiger partial charge is 0.320 e. The van der Waals surface area contributed by atoms with Crippen molar-refractivity contribution in [2.75, 3.05) is 32.8 Å². The van der Waals surface area contributed by atoms with Gasteiger partial charge in [-0.25, -0.2) is 4.79 Å². The van der Waals surface area contributed by atoms with Crippen LogP contribution in [0.3, 0.4) is 0 Å². The van der Waals surface area contributed by atoms with Crippen LogP contribution < -0.4 is 0 Å². The summed E-state index contributed by atoms with van der Waals surface area (Å²) in [6, 6.07) is 10.5. The van der Waals surface area contributed by atoms with E-state index in [9.17, 15) is 9.59 Å².